The van der Waals surface area contributed by atoms with Crippen LogP contribution in [-0.4, -0.2) is 25.3 Å². The second kappa shape index (κ2) is 6.85. The van der Waals surface area contributed by atoms with Gasteiger partial charge in [-0.1, -0.05) is 31.2 Å². The van der Waals surface area contributed by atoms with Crippen LogP contribution in [-0.2, 0) is 23.0 Å². The molecule has 5 nitrogen and oxygen atoms in total. The van der Waals surface area contributed by atoms with Crippen LogP contribution in [0, 0.1) is 13.8 Å². The molecular formula is C20H24N2O3S. The van der Waals surface area contributed by atoms with Gasteiger partial charge in [0, 0.05) is 18.2 Å². The molecule has 1 atom stereocenters. The Bertz CT molecular complexity index is 967. The third kappa shape index (κ3) is 3.39. The highest BCUT2D eigenvalue weighted by Gasteiger charge is 2.30. The zero-order valence-corrected chi connectivity index (χ0v) is 16.1. The molecule has 6 heteroatoms. The number of fused-ring (bicyclic) bond motifs is 1. The summed E-state index contributed by atoms with van der Waals surface area (Å²) in [5.74, 6) is -0.153. The quantitative estimate of drug-likeness (QED) is 0.899. The molecule has 0 fully saturated rings. The standard InChI is InChI=1S/C20H24N2O3S/c1-4-18-10-15-7-5-6-8-16(15)12-22(18)20(23)17-9-13(2)14(3)19(11-17)26(21,24)25/h5-9,11,18H,4,10,12H2,1-3H3,(H2,21,24,25). The van der Waals surface area contributed by atoms with Gasteiger partial charge in [-0.15, -0.1) is 0 Å². The number of hydrogen-bond donors (Lipinski definition) is 1. The van der Waals surface area contributed by atoms with E-state index in [0.29, 0.717) is 17.7 Å². The number of hydrogen-bond acceptors (Lipinski definition) is 3. The molecule has 2 aromatic rings. The number of nitrogens with zero attached hydrogens (tertiary/aromatic N) is 1. The van der Waals surface area contributed by atoms with Gasteiger partial charge >= 0.3 is 0 Å². The molecule has 3 rings (SSSR count). The Morgan fingerprint density at radius 1 is 1.19 bits per heavy atom. The number of aryl methyl sites for hydroxylation is 1. The molecule has 2 N–H and O–H groups in total. The summed E-state index contributed by atoms with van der Waals surface area (Å²) in [7, 11) is -3.88. The molecule has 0 saturated heterocycles. The van der Waals surface area contributed by atoms with Gasteiger partial charge in [-0.25, -0.2) is 13.6 Å². The maximum Gasteiger partial charge on any atom is 0.254 e. The number of carbonyl (C=O) groups is 1. The van der Waals surface area contributed by atoms with Crippen LogP contribution in [0.25, 0.3) is 0 Å². The molecule has 0 bridgehead atoms. The molecule has 0 spiro atoms. The van der Waals surface area contributed by atoms with Gasteiger partial charge < -0.3 is 4.90 Å². The SMILES string of the molecule is CCC1Cc2ccccc2CN1C(=O)c1cc(C)c(C)c(S(N)(=O)=O)c1. The van der Waals surface area contributed by atoms with Crippen LogP contribution in [0.2, 0.25) is 0 Å². The van der Waals surface area contributed by atoms with E-state index >= 15 is 0 Å². The Labute approximate surface area is 154 Å². The monoisotopic (exact) mass is 372 g/mol. The van der Waals surface area contributed by atoms with Crippen LogP contribution in [0.1, 0.15) is 46.0 Å². The Kier molecular flexibility index (Phi) is 4.90. The lowest BCUT2D eigenvalue weighted by atomic mass is 9.92. The molecular weight excluding hydrogens is 348 g/mol. The number of sulfonamides is 1. The zero-order chi connectivity index (χ0) is 19.1. The van der Waals surface area contributed by atoms with E-state index in [1.807, 2.05) is 23.1 Å². The lowest BCUT2D eigenvalue weighted by molar-refractivity contribution is 0.0634. The van der Waals surface area contributed by atoms with Crippen LogP contribution >= 0.6 is 0 Å². The van der Waals surface area contributed by atoms with Crippen LogP contribution in [0.15, 0.2) is 41.3 Å². The molecule has 1 heterocycles. The van der Waals surface area contributed by atoms with Gasteiger partial charge in [0.05, 0.1) is 4.90 Å². The van der Waals surface area contributed by atoms with E-state index in [1.54, 1.807) is 19.9 Å². The molecule has 0 radical (unpaired) electrons. The average Bonchev–Trinajstić information content (AvgIpc) is 2.61. The summed E-state index contributed by atoms with van der Waals surface area (Å²) in [5.41, 5.74) is 4.11. The molecule has 2 aromatic carbocycles. The summed E-state index contributed by atoms with van der Waals surface area (Å²) < 4.78 is 23.8. The molecule has 1 unspecified atom stereocenters. The predicted octanol–water partition coefficient (Wildman–Crippen LogP) is 2.93. The van der Waals surface area contributed by atoms with Crippen molar-refractivity contribution in [1.29, 1.82) is 0 Å². The second-order valence-electron chi connectivity index (χ2n) is 6.93. The van der Waals surface area contributed by atoms with Crippen LogP contribution in [0.5, 0.6) is 0 Å². The van der Waals surface area contributed by atoms with Gasteiger partial charge in [0.2, 0.25) is 10.0 Å². The highest BCUT2D eigenvalue weighted by molar-refractivity contribution is 7.89. The maximum absolute atomic E-state index is 13.2. The van der Waals surface area contributed by atoms with Gasteiger partial charge in [-0.05, 0) is 61.1 Å². The largest absolute Gasteiger partial charge is 0.331 e. The highest BCUT2D eigenvalue weighted by atomic mass is 32.2. The summed E-state index contributed by atoms with van der Waals surface area (Å²) in [6, 6.07) is 11.4. The van der Waals surface area contributed by atoms with Crippen LogP contribution < -0.4 is 5.14 Å². The molecule has 0 aromatic heterocycles. The van der Waals surface area contributed by atoms with Crippen molar-refractivity contribution in [2.24, 2.45) is 5.14 Å². The first-order valence-electron chi connectivity index (χ1n) is 8.74. The minimum absolute atomic E-state index is 0.0197. The second-order valence-corrected chi connectivity index (χ2v) is 8.46. The molecule has 0 aliphatic carbocycles. The number of nitrogens with two attached hydrogens (primary N) is 1. The van der Waals surface area contributed by atoms with E-state index in [-0.39, 0.29) is 16.8 Å². The van der Waals surface area contributed by atoms with E-state index in [1.165, 1.54) is 11.6 Å². The predicted molar refractivity (Wildman–Crippen MR) is 101 cm³/mol. The van der Waals surface area contributed by atoms with Crippen LogP contribution in [0.3, 0.4) is 0 Å². The van der Waals surface area contributed by atoms with E-state index in [2.05, 4.69) is 13.0 Å². The van der Waals surface area contributed by atoms with Gasteiger partial charge in [-0.3, -0.25) is 4.79 Å². The number of benzene rings is 2. The van der Waals surface area contributed by atoms with Crippen molar-refractivity contribution < 1.29 is 13.2 Å². The van der Waals surface area contributed by atoms with Crippen molar-refractivity contribution in [1.82, 2.24) is 4.90 Å². The fourth-order valence-corrected chi connectivity index (χ4v) is 4.48. The van der Waals surface area contributed by atoms with Crippen molar-refractivity contribution in [2.45, 2.75) is 51.1 Å². The Morgan fingerprint density at radius 2 is 1.85 bits per heavy atom. The van der Waals surface area contributed by atoms with Crippen molar-refractivity contribution in [3.05, 3.63) is 64.2 Å². The summed E-state index contributed by atoms with van der Waals surface area (Å²) in [6.07, 6.45) is 1.65. The molecule has 138 valence electrons. The summed E-state index contributed by atoms with van der Waals surface area (Å²) in [6.45, 7) is 6.10. The number of carbonyl (C=O) groups excluding carboxylic acids is 1. The molecule has 1 aliphatic heterocycles. The maximum atomic E-state index is 13.2. The first-order chi connectivity index (χ1) is 12.2. The normalized spacial score (nSPS) is 17.1. The fraction of sp³-hybridized carbons (Fsp3) is 0.350. The summed E-state index contributed by atoms with van der Waals surface area (Å²) in [5, 5.41) is 5.34. The lowest BCUT2D eigenvalue weighted by Gasteiger charge is -2.36. The average molecular weight is 372 g/mol. The van der Waals surface area contributed by atoms with Gasteiger partial charge in [0.15, 0.2) is 0 Å². The molecule has 1 aliphatic rings. The smallest absolute Gasteiger partial charge is 0.254 e. The topological polar surface area (TPSA) is 80.5 Å². The molecule has 26 heavy (non-hydrogen) atoms. The van der Waals surface area contributed by atoms with E-state index in [0.717, 1.165) is 24.0 Å². The van der Waals surface area contributed by atoms with Crippen molar-refractivity contribution in [2.75, 3.05) is 0 Å². The van der Waals surface area contributed by atoms with E-state index in [9.17, 15) is 13.2 Å². The Morgan fingerprint density at radius 3 is 2.46 bits per heavy atom. The third-order valence-electron chi connectivity index (χ3n) is 5.26. The summed E-state index contributed by atoms with van der Waals surface area (Å²) >= 11 is 0. The molecule has 0 saturated carbocycles. The zero-order valence-electron chi connectivity index (χ0n) is 15.3. The Balaban J connectivity index is 2.03. The lowest BCUT2D eigenvalue weighted by Crippen LogP contribution is -2.44. The van der Waals surface area contributed by atoms with Crippen molar-refractivity contribution in [3.8, 4) is 0 Å². The fourth-order valence-electron chi connectivity index (χ4n) is 3.60. The Hall–Kier alpha value is -2.18. The minimum Gasteiger partial charge on any atom is -0.331 e. The van der Waals surface area contributed by atoms with E-state index in [4.69, 9.17) is 5.14 Å². The number of primary sulfonamides is 1. The molecule has 1 amide bonds. The van der Waals surface area contributed by atoms with Crippen LogP contribution in [0.4, 0.5) is 0 Å². The number of amides is 1. The van der Waals surface area contributed by atoms with E-state index < -0.39 is 10.0 Å². The van der Waals surface area contributed by atoms with Crippen molar-refractivity contribution in [3.63, 3.8) is 0 Å². The highest BCUT2D eigenvalue weighted by Crippen LogP contribution is 2.28. The minimum atomic E-state index is -3.88. The summed E-state index contributed by atoms with van der Waals surface area (Å²) in [4.78, 5) is 15.1. The first kappa shape index (κ1) is 18.6. The third-order valence-corrected chi connectivity index (χ3v) is 6.30. The van der Waals surface area contributed by atoms with Gasteiger partial charge in [0.25, 0.3) is 5.91 Å². The van der Waals surface area contributed by atoms with Crippen molar-refractivity contribution >= 4 is 15.9 Å². The van der Waals surface area contributed by atoms with Gasteiger partial charge in [-0.2, -0.15) is 0 Å². The number of rotatable bonds is 3. The van der Waals surface area contributed by atoms with Gasteiger partial charge in [0.1, 0.15) is 0 Å². The first-order valence-corrected chi connectivity index (χ1v) is 10.3.